The van der Waals surface area contributed by atoms with Crippen LogP contribution in [0.3, 0.4) is 0 Å². The van der Waals surface area contributed by atoms with Crippen LogP contribution in [0.5, 0.6) is 17.5 Å². The Morgan fingerprint density at radius 2 is 1.69 bits per heavy atom. The summed E-state index contributed by atoms with van der Waals surface area (Å²) < 4.78 is 105. The van der Waals surface area contributed by atoms with Gasteiger partial charge < -0.3 is 14.2 Å². The van der Waals surface area contributed by atoms with Crippen molar-refractivity contribution in [1.82, 2.24) is 19.9 Å². The van der Waals surface area contributed by atoms with Crippen LogP contribution in [0.1, 0.15) is 11.1 Å². The van der Waals surface area contributed by atoms with E-state index in [0.717, 1.165) is 18.2 Å². The van der Waals surface area contributed by atoms with Crippen molar-refractivity contribution in [3.8, 4) is 28.8 Å². The molecule has 4 rings (SSSR count). The van der Waals surface area contributed by atoms with E-state index in [1.54, 1.807) is 0 Å². The van der Waals surface area contributed by atoms with Gasteiger partial charge in [0.05, 0.1) is 18.0 Å². The summed E-state index contributed by atoms with van der Waals surface area (Å²) in [5.74, 6) is -2.14. The number of ether oxygens (including phenoxy) is 2. The van der Waals surface area contributed by atoms with E-state index in [-0.39, 0.29) is 46.6 Å². The molecule has 0 amide bonds. The number of benzene rings is 1. The van der Waals surface area contributed by atoms with Crippen molar-refractivity contribution in [3.63, 3.8) is 0 Å². The van der Waals surface area contributed by atoms with E-state index in [2.05, 4.69) is 24.7 Å². The second-order valence-corrected chi connectivity index (χ2v) is 8.51. The van der Waals surface area contributed by atoms with Crippen molar-refractivity contribution < 1.29 is 40.2 Å². The normalized spacial score (nSPS) is 11.8. The van der Waals surface area contributed by atoms with Crippen molar-refractivity contribution >= 4 is 17.6 Å². The Bertz CT molecular complexity index is 1420. The number of hydrogen-bond acceptors (Lipinski definition) is 8. The second kappa shape index (κ2) is 11.7. The minimum Gasteiger partial charge on any atom is -0.473 e. The number of alkyl halides is 6. The first-order chi connectivity index (χ1) is 18.5. The maximum atomic E-state index is 14.7. The lowest BCUT2D eigenvalue weighted by atomic mass is 10.1. The van der Waals surface area contributed by atoms with Crippen LogP contribution in [-0.2, 0) is 12.8 Å². The zero-order chi connectivity index (χ0) is 28.0. The van der Waals surface area contributed by atoms with Gasteiger partial charge in [0.15, 0.2) is 5.75 Å². The van der Waals surface area contributed by atoms with Crippen molar-refractivity contribution in [2.75, 3.05) is 10.5 Å². The fraction of sp³-hybridized carbons (Fsp3) is 0.167. The van der Waals surface area contributed by atoms with E-state index < -0.39 is 29.5 Å². The predicted octanol–water partition coefficient (Wildman–Crippen LogP) is 7.09. The maximum Gasteiger partial charge on any atom is 0.416 e. The summed E-state index contributed by atoms with van der Waals surface area (Å²) in [4.78, 5) is 15.7. The highest BCUT2D eigenvalue weighted by Gasteiger charge is 2.30. The molecule has 0 spiro atoms. The third-order valence-electron chi connectivity index (χ3n) is 4.76. The molecule has 204 valence electrons. The average Bonchev–Trinajstić information content (AvgIpc) is 2.89. The van der Waals surface area contributed by atoms with Crippen molar-refractivity contribution in [2.45, 2.75) is 19.0 Å². The maximum absolute atomic E-state index is 14.7. The van der Waals surface area contributed by atoms with Crippen molar-refractivity contribution in [3.05, 3.63) is 84.3 Å². The Balaban J connectivity index is 1.58. The van der Waals surface area contributed by atoms with E-state index in [1.807, 2.05) is 0 Å². The largest absolute Gasteiger partial charge is 0.473 e. The van der Waals surface area contributed by atoms with Gasteiger partial charge in [-0.15, -0.1) is 0 Å². The lowest BCUT2D eigenvalue weighted by Gasteiger charge is -2.14. The molecule has 3 aromatic heterocycles. The third kappa shape index (κ3) is 7.92. The SMILES string of the molecule is Fc1ccc(OCc2cccc(C(F)(F)F)c2)nc1-c1cnc(Oc2cncnc2)c(NSCC(F)(F)F)c1. The van der Waals surface area contributed by atoms with Gasteiger partial charge in [0.25, 0.3) is 0 Å². The smallest absolute Gasteiger partial charge is 0.416 e. The predicted molar refractivity (Wildman–Crippen MR) is 127 cm³/mol. The summed E-state index contributed by atoms with van der Waals surface area (Å²) >= 11 is 0.313. The van der Waals surface area contributed by atoms with Gasteiger partial charge in [-0.1, -0.05) is 12.1 Å². The molecule has 39 heavy (non-hydrogen) atoms. The van der Waals surface area contributed by atoms with Gasteiger partial charge in [0.1, 0.15) is 35.9 Å². The van der Waals surface area contributed by atoms with Crippen LogP contribution in [0.25, 0.3) is 11.3 Å². The molecule has 0 unspecified atom stereocenters. The highest BCUT2D eigenvalue weighted by Crippen LogP contribution is 2.35. The molecule has 0 fully saturated rings. The van der Waals surface area contributed by atoms with E-state index in [9.17, 15) is 30.7 Å². The average molecular weight is 571 g/mol. The van der Waals surface area contributed by atoms with Crippen molar-refractivity contribution in [1.29, 1.82) is 0 Å². The second-order valence-electron chi connectivity index (χ2n) is 7.73. The van der Waals surface area contributed by atoms with Gasteiger partial charge in [0.2, 0.25) is 11.8 Å². The summed E-state index contributed by atoms with van der Waals surface area (Å²) in [6.45, 7) is -0.285. The molecule has 0 aliphatic heterocycles. The van der Waals surface area contributed by atoms with Gasteiger partial charge in [-0.25, -0.2) is 24.3 Å². The first-order valence-electron chi connectivity index (χ1n) is 10.8. The molecule has 0 saturated heterocycles. The molecule has 7 nitrogen and oxygen atoms in total. The molecule has 15 heteroatoms. The topological polar surface area (TPSA) is 82.1 Å². The fourth-order valence-electron chi connectivity index (χ4n) is 3.08. The number of anilines is 1. The van der Waals surface area contributed by atoms with Gasteiger partial charge in [0, 0.05) is 17.8 Å². The van der Waals surface area contributed by atoms with E-state index in [0.29, 0.717) is 11.9 Å². The van der Waals surface area contributed by atoms with Crippen LogP contribution >= 0.6 is 11.9 Å². The zero-order valence-corrected chi connectivity index (χ0v) is 20.2. The summed E-state index contributed by atoms with van der Waals surface area (Å²) in [7, 11) is 0. The molecule has 4 aromatic rings. The Morgan fingerprint density at radius 3 is 2.41 bits per heavy atom. The van der Waals surface area contributed by atoms with Crippen LogP contribution in [0.15, 0.2) is 67.4 Å². The highest BCUT2D eigenvalue weighted by molar-refractivity contribution is 8.00. The number of nitrogens with zero attached hydrogens (tertiary/aromatic N) is 4. The summed E-state index contributed by atoms with van der Waals surface area (Å²) in [5.41, 5.74) is -0.873. The lowest BCUT2D eigenvalue weighted by molar-refractivity contribution is -0.137. The van der Waals surface area contributed by atoms with Gasteiger partial charge in [-0.2, -0.15) is 26.3 Å². The van der Waals surface area contributed by atoms with Crippen LogP contribution in [0.4, 0.5) is 36.4 Å². The van der Waals surface area contributed by atoms with Gasteiger partial charge in [-0.3, -0.25) is 0 Å². The number of aromatic nitrogens is 4. The fourth-order valence-corrected chi connectivity index (χ4v) is 3.62. The minimum atomic E-state index is -4.53. The molecule has 3 heterocycles. The lowest BCUT2D eigenvalue weighted by Crippen LogP contribution is -2.12. The molecule has 1 aromatic carbocycles. The molecule has 0 aliphatic carbocycles. The quantitative estimate of drug-likeness (QED) is 0.169. The van der Waals surface area contributed by atoms with E-state index in [4.69, 9.17) is 9.47 Å². The molecular formula is C24H16F7N5O2S. The van der Waals surface area contributed by atoms with Crippen LogP contribution in [-0.4, -0.2) is 31.9 Å². The number of hydrogen-bond donors (Lipinski definition) is 1. The number of rotatable bonds is 9. The summed E-state index contributed by atoms with van der Waals surface area (Å²) in [6.07, 6.45) is -3.95. The first-order valence-corrected chi connectivity index (χ1v) is 11.8. The van der Waals surface area contributed by atoms with E-state index in [1.165, 1.54) is 49.2 Å². The Labute approximate surface area is 220 Å². The third-order valence-corrected chi connectivity index (χ3v) is 5.59. The number of pyridine rings is 2. The Kier molecular flexibility index (Phi) is 8.38. The Hall–Kier alpha value is -4.14. The molecule has 0 atom stereocenters. The molecule has 0 saturated carbocycles. The molecule has 0 aliphatic rings. The van der Waals surface area contributed by atoms with Gasteiger partial charge >= 0.3 is 12.4 Å². The van der Waals surface area contributed by atoms with Crippen LogP contribution < -0.4 is 14.2 Å². The zero-order valence-electron chi connectivity index (χ0n) is 19.4. The molecule has 0 radical (unpaired) electrons. The van der Waals surface area contributed by atoms with E-state index >= 15 is 0 Å². The first kappa shape index (κ1) is 27.9. The molecular weight excluding hydrogens is 555 g/mol. The highest BCUT2D eigenvalue weighted by atomic mass is 32.2. The summed E-state index contributed by atoms with van der Waals surface area (Å²) in [5, 5.41) is 0. The van der Waals surface area contributed by atoms with Crippen LogP contribution in [0, 0.1) is 5.82 Å². The minimum absolute atomic E-state index is 0.0258. The monoisotopic (exact) mass is 571 g/mol. The van der Waals surface area contributed by atoms with Gasteiger partial charge in [-0.05, 0) is 41.8 Å². The standard InChI is InChI=1S/C24H16F7N5O2S/c25-18-4-5-20(37-11-14-2-1-3-16(6-14)24(29,30)31)35-21(18)15-7-19(36-39-12-23(26,27)28)22(34-8-15)38-17-9-32-13-33-10-17/h1-10,13,36H,11-12H2. The number of nitrogens with one attached hydrogen (secondary N) is 1. The van der Waals surface area contributed by atoms with Crippen LogP contribution in [0.2, 0.25) is 0 Å². The molecule has 0 bridgehead atoms. The van der Waals surface area contributed by atoms with Crippen molar-refractivity contribution in [2.24, 2.45) is 0 Å². The molecule has 1 N–H and O–H groups in total. The number of halogens is 7. The Morgan fingerprint density at radius 1 is 0.923 bits per heavy atom. The summed E-state index contributed by atoms with van der Waals surface area (Å²) in [6, 6.07) is 7.98.